The molecular formula is C10H13NO3. The molecule has 1 aliphatic rings. The van der Waals surface area contributed by atoms with Crippen LogP contribution in [-0.4, -0.2) is 22.4 Å². The van der Waals surface area contributed by atoms with Crippen molar-refractivity contribution in [2.24, 2.45) is 5.16 Å². The summed E-state index contributed by atoms with van der Waals surface area (Å²) >= 11 is 0. The highest BCUT2D eigenvalue weighted by atomic mass is 16.7. The Balaban J connectivity index is 2.72. The molecule has 0 spiro atoms. The molecule has 0 saturated carbocycles. The molecule has 1 N–H and O–H groups in total. The van der Waals surface area contributed by atoms with E-state index in [2.05, 4.69) is 18.3 Å². The van der Waals surface area contributed by atoms with Crippen LogP contribution in [0, 0.1) is 0 Å². The van der Waals surface area contributed by atoms with Gasteiger partial charge in [-0.05, 0) is 0 Å². The molecule has 0 bridgehead atoms. The molecule has 0 saturated heterocycles. The van der Waals surface area contributed by atoms with E-state index in [1.807, 2.05) is 0 Å². The largest absolute Gasteiger partial charge is 0.477 e. The van der Waals surface area contributed by atoms with Crippen LogP contribution in [0.4, 0.5) is 0 Å². The lowest BCUT2D eigenvalue weighted by atomic mass is 9.90. The summed E-state index contributed by atoms with van der Waals surface area (Å²) in [5.41, 5.74) is -0.509. The second-order valence-electron chi connectivity index (χ2n) is 3.28. The van der Waals surface area contributed by atoms with Gasteiger partial charge in [0.15, 0.2) is 11.3 Å². The molecule has 0 fully saturated rings. The van der Waals surface area contributed by atoms with Gasteiger partial charge in [0.1, 0.15) is 0 Å². The van der Waals surface area contributed by atoms with Crippen LogP contribution in [0.1, 0.15) is 19.3 Å². The fraction of sp³-hybridized carbons (Fsp3) is 0.400. The maximum Gasteiger partial charge on any atom is 0.353 e. The van der Waals surface area contributed by atoms with Crippen LogP contribution in [0.15, 0.2) is 30.5 Å². The molecule has 0 unspecified atom stereocenters. The van der Waals surface area contributed by atoms with Crippen molar-refractivity contribution >= 4 is 11.7 Å². The zero-order valence-corrected chi connectivity index (χ0v) is 7.90. The Morgan fingerprint density at radius 2 is 2.14 bits per heavy atom. The summed E-state index contributed by atoms with van der Waals surface area (Å²) in [6, 6.07) is 0. The molecule has 0 aromatic heterocycles. The van der Waals surface area contributed by atoms with E-state index in [9.17, 15) is 4.79 Å². The maximum atomic E-state index is 10.6. The molecule has 0 radical (unpaired) electrons. The van der Waals surface area contributed by atoms with Gasteiger partial charge in [-0.15, -0.1) is 13.2 Å². The molecule has 1 rings (SSSR count). The second kappa shape index (κ2) is 4.09. The molecule has 4 nitrogen and oxygen atoms in total. The predicted octanol–water partition coefficient (Wildman–Crippen LogP) is 1.74. The van der Waals surface area contributed by atoms with Gasteiger partial charge in [-0.3, -0.25) is 0 Å². The maximum absolute atomic E-state index is 10.6. The third-order valence-corrected chi connectivity index (χ3v) is 2.12. The number of carboxylic acids is 1. The second-order valence-corrected chi connectivity index (χ2v) is 3.28. The van der Waals surface area contributed by atoms with E-state index in [0.717, 1.165) is 0 Å². The molecule has 0 amide bonds. The lowest BCUT2D eigenvalue weighted by molar-refractivity contribution is -0.129. The number of rotatable bonds is 5. The summed E-state index contributed by atoms with van der Waals surface area (Å²) in [4.78, 5) is 15.8. The van der Waals surface area contributed by atoms with Gasteiger partial charge in [0.05, 0.1) is 0 Å². The van der Waals surface area contributed by atoms with Crippen molar-refractivity contribution < 1.29 is 14.7 Å². The summed E-state index contributed by atoms with van der Waals surface area (Å²) < 4.78 is 0. The Hall–Kier alpha value is -1.58. The van der Waals surface area contributed by atoms with Gasteiger partial charge in [-0.25, -0.2) is 4.79 Å². The smallest absolute Gasteiger partial charge is 0.353 e. The standard InChI is InChI=1S/C10H13NO3/c1-3-5-10(6-4-2)7-8(9(12)13)11-14-10/h3-4H,1-2,5-7H2,(H,12,13). The number of aliphatic carboxylic acids is 1. The van der Waals surface area contributed by atoms with Crippen LogP contribution in [0.3, 0.4) is 0 Å². The van der Waals surface area contributed by atoms with Crippen LogP contribution >= 0.6 is 0 Å². The highest BCUT2D eigenvalue weighted by molar-refractivity contribution is 6.36. The Morgan fingerprint density at radius 3 is 2.50 bits per heavy atom. The first kappa shape index (κ1) is 10.5. The number of hydrogen-bond acceptors (Lipinski definition) is 3. The summed E-state index contributed by atoms with van der Waals surface area (Å²) in [5.74, 6) is -1.03. The Kier molecular flexibility index (Phi) is 3.06. The molecule has 0 aromatic rings. The van der Waals surface area contributed by atoms with Crippen molar-refractivity contribution in [2.75, 3.05) is 0 Å². The van der Waals surface area contributed by atoms with Crippen molar-refractivity contribution in [3.63, 3.8) is 0 Å². The van der Waals surface area contributed by atoms with E-state index in [1.165, 1.54) is 0 Å². The van der Waals surface area contributed by atoms with Gasteiger partial charge in [0.25, 0.3) is 0 Å². The molecule has 1 aliphatic heterocycles. The van der Waals surface area contributed by atoms with Crippen molar-refractivity contribution in [3.8, 4) is 0 Å². The first-order valence-electron chi connectivity index (χ1n) is 4.34. The van der Waals surface area contributed by atoms with E-state index < -0.39 is 11.6 Å². The molecular weight excluding hydrogens is 182 g/mol. The van der Waals surface area contributed by atoms with Crippen LogP contribution in [0.25, 0.3) is 0 Å². The van der Waals surface area contributed by atoms with Crippen molar-refractivity contribution in [3.05, 3.63) is 25.3 Å². The Labute approximate surface area is 82.6 Å². The van der Waals surface area contributed by atoms with Gasteiger partial charge >= 0.3 is 5.97 Å². The molecule has 0 aliphatic carbocycles. The Bertz CT molecular complexity index is 284. The zero-order chi connectivity index (χ0) is 10.6. The first-order valence-corrected chi connectivity index (χ1v) is 4.34. The van der Waals surface area contributed by atoms with Crippen LogP contribution in [0.5, 0.6) is 0 Å². The number of carbonyl (C=O) groups is 1. The van der Waals surface area contributed by atoms with Crippen molar-refractivity contribution in [2.45, 2.75) is 24.9 Å². The van der Waals surface area contributed by atoms with E-state index >= 15 is 0 Å². The fourth-order valence-corrected chi connectivity index (χ4v) is 1.46. The monoisotopic (exact) mass is 195 g/mol. The minimum atomic E-state index is -1.03. The molecule has 1 heterocycles. The quantitative estimate of drug-likeness (QED) is 0.680. The van der Waals surface area contributed by atoms with E-state index in [1.54, 1.807) is 12.2 Å². The third kappa shape index (κ3) is 2.02. The number of nitrogens with zero attached hydrogens (tertiary/aromatic N) is 1. The van der Waals surface area contributed by atoms with E-state index in [-0.39, 0.29) is 5.71 Å². The lowest BCUT2D eigenvalue weighted by Crippen LogP contribution is -2.29. The fourth-order valence-electron chi connectivity index (χ4n) is 1.46. The van der Waals surface area contributed by atoms with Gasteiger partial charge in [0.2, 0.25) is 0 Å². The summed E-state index contributed by atoms with van der Waals surface area (Å²) in [6.45, 7) is 7.22. The average molecular weight is 195 g/mol. The van der Waals surface area contributed by atoms with E-state index in [0.29, 0.717) is 19.3 Å². The van der Waals surface area contributed by atoms with Crippen LogP contribution in [0.2, 0.25) is 0 Å². The highest BCUT2D eigenvalue weighted by Gasteiger charge is 2.39. The SMILES string of the molecule is C=CCC1(CC=C)CC(C(=O)O)=NO1. The summed E-state index contributed by atoms with van der Waals surface area (Å²) in [5, 5.41) is 12.3. The number of oxime groups is 1. The molecule has 0 atom stereocenters. The summed E-state index contributed by atoms with van der Waals surface area (Å²) in [7, 11) is 0. The van der Waals surface area contributed by atoms with Gasteiger partial charge in [0, 0.05) is 19.3 Å². The average Bonchev–Trinajstić information content (AvgIpc) is 2.51. The van der Waals surface area contributed by atoms with Gasteiger partial charge in [-0.2, -0.15) is 0 Å². The minimum absolute atomic E-state index is 0.0636. The number of carboxylic acid groups (broad SMARTS) is 1. The number of hydrogen-bond donors (Lipinski definition) is 1. The van der Waals surface area contributed by atoms with Gasteiger partial charge < -0.3 is 9.94 Å². The first-order chi connectivity index (χ1) is 6.63. The van der Waals surface area contributed by atoms with Crippen molar-refractivity contribution in [1.82, 2.24) is 0 Å². The normalized spacial score (nSPS) is 18.1. The Morgan fingerprint density at radius 1 is 1.57 bits per heavy atom. The van der Waals surface area contributed by atoms with Crippen LogP contribution < -0.4 is 0 Å². The third-order valence-electron chi connectivity index (χ3n) is 2.12. The van der Waals surface area contributed by atoms with Crippen LogP contribution in [-0.2, 0) is 9.63 Å². The molecule has 14 heavy (non-hydrogen) atoms. The molecule has 76 valence electrons. The van der Waals surface area contributed by atoms with Crippen molar-refractivity contribution in [1.29, 1.82) is 0 Å². The highest BCUT2D eigenvalue weighted by Crippen LogP contribution is 2.31. The van der Waals surface area contributed by atoms with Gasteiger partial charge in [-0.1, -0.05) is 17.3 Å². The summed E-state index contributed by atoms with van der Waals surface area (Å²) in [6.07, 6.45) is 4.84. The molecule has 4 heteroatoms. The molecule has 0 aromatic carbocycles. The topological polar surface area (TPSA) is 58.9 Å². The minimum Gasteiger partial charge on any atom is -0.477 e. The zero-order valence-electron chi connectivity index (χ0n) is 7.90. The predicted molar refractivity (Wildman–Crippen MR) is 53.1 cm³/mol. The van der Waals surface area contributed by atoms with E-state index in [4.69, 9.17) is 9.94 Å². The lowest BCUT2D eigenvalue weighted by Gasteiger charge is -2.23.